The molecule has 11 heavy (non-hydrogen) atoms. The largest absolute Gasteiger partial charge is 0.300 e. The molecule has 1 rings (SSSR count). The van der Waals surface area contributed by atoms with Crippen molar-refractivity contribution in [3.05, 3.63) is 30.1 Å². The van der Waals surface area contributed by atoms with E-state index < -0.39 is 0 Å². The monoisotopic (exact) mass is 151 g/mol. The normalized spacial score (nSPS) is 7.91. The molecule has 0 N–H and O–H groups in total. The Balaban J connectivity index is 0.000000218. The average molecular weight is 151 g/mol. The Kier molecular flexibility index (Phi) is 4.99. The summed E-state index contributed by atoms with van der Waals surface area (Å²) < 4.78 is 0. The van der Waals surface area contributed by atoms with Gasteiger partial charge in [-0.15, -0.1) is 0 Å². The first-order valence-electron chi connectivity index (χ1n) is 3.47. The van der Waals surface area contributed by atoms with Crippen LogP contribution in [0.3, 0.4) is 0 Å². The third-order valence-electron chi connectivity index (χ3n) is 0.813. The van der Waals surface area contributed by atoms with Crippen LogP contribution in [0.25, 0.3) is 0 Å². The smallest absolute Gasteiger partial charge is 0.126 e. The molecule has 0 spiro atoms. The Hall–Kier alpha value is -1.18. The Labute approximate surface area is 67.3 Å². The van der Waals surface area contributed by atoms with Crippen LogP contribution in [0.4, 0.5) is 0 Å². The third kappa shape index (κ3) is 8.82. The molecule has 0 fully saturated rings. The molecule has 0 saturated heterocycles. The van der Waals surface area contributed by atoms with Gasteiger partial charge in [0.25, 0.3) is 0 Å². The van der Waals surface area contributed by atoms with Crippen LogP contribution in [0.15, 0.2) is 24.4 Å². The summed E-state index contributed by atoms with van der Waals surface area (Å²) in [6.45, 7) is 5.03. The Morgan fingerprint density at radius 3 is 2.09 bits per heavy atom. The summed E-state index contributed by atoms with van der Waals surface area (Å²) >= 11 is 0. The van der Waals surface area contributed by atoms with Crippen LogP contribution in [-0.4, -0.2) is 10.8 Å². The van der Waals surface area contributed by atoms with Gasteiger partial charge in [0.1, 0.15) is 5.78 Å². The molecule has 0 aliphatic rings. The molecule has 0 unspecified atom stereocenters. The summed E-state index contributed by atoms with van der Waals surface area (Å²) in [4.78, 5) is 13.4. The first-order valence-corrected chi connectivity index (χ1v) is 3.47. The quantitative estimate of drug-likeness (QED) is 0.567. The van der Waals surface area contributed by atoms with Crippen LogP contribution in [0.5, 0.6) is 0 Å². The summed E-state index contributed by atoms with van der Waals surface area (Å²) in [5.41, 5.74) is 1.07. The second-order valence-corrected chi connectivity index (χ2v) is 2.38. The molecule has 0 radical (unpaired) electrons. The lowest BCUT2D eigenvalue weighted by Gasteiger charge is -1.82. The van der Waals surface area contributed by atoms with Gasteiger partial charge in [-0.25, -0.2) is 0 Å². The van der Waals surface area contributed by atoms with Crippen molar-refractivity contribution in [2.75, 3.05) is 0 Å². The molecule has 0 amide bonds. The second kappa shape index (κ2) is 5.59. The van der Waals surface area contributed by atoms with E-state index in [1.807, 2.05) is 25.1 Å². The molecule has 0 saturated carbocycles. The minimum atomic E-state index is 0.167. The number of hydrogen-bond donors (Lipinski definition) is 0. The maximum atomic E-state index is 9.44. The van der Waals surface area contributed by atoms with E-state index in [1.54, 1.807) is 6.20 Å². The molecule has 1 heterocycles. The molecular weight excluding hydrogens is 138 g/mol. The van der Waals surface area contributed by atoms with E-state index in [9.17, 15) is 4.79 Å². The first-order chi connectivity index (χ1) is 5.13. The first kappa shape index (κ1) is 9.82. The van der Waals surface area contributed by atoms with Gasteiger partial charge < -0.3 is 4.79 Å². The lowest BCUT2D eigenvalue weighted by atomic mass is 10.4. The molecule has 0 aliphatic heterocycles. The molecular formula is C9H13NO. The van der Waals surface area contributed by atoms with E-state index in [4.69, 9.17) is 0 Å². The second-order valence-electron chi connectivity index (χ2n) is 2.38. The zero-order valence-corrected chi connectivity index (χ0v) is 7.16. The molecule has 1 aromatic heterocycles. The average Bonchev–Trinajstić information content (AvgIpc) is 1.87. The topological polar surface area (TPSA) is 30.0 Å². The van der Waals surface area contributed by atoms with Gasteiger partial charge in [-0.2, -0.15) is 0 Å². The zero-order valence-electron chi connectivity index (χ0n) is 7.16. The van der Waals surface area contributed by atoms with Crippen molar-refractivity contribution in [2.24, 2.45) is 0 Å². The van der Waals surface area contributed by atoms with Gasteiger partial charge in [-0.3, -0.25) is 4.98 Å². The van der Waals surface area contributed by atoms with Crippen LogP contribution in [0, 0.1) is 6.92 Å². The van der Waals surface area contributed by atoms with Gasteiger partial charge in [-0.05, 0) is 32.9 Å². The molecule has 0 atom stereocenters. The number of ketones is 1. The van der Waals surface area contributed by atoms with E-state index in [-0.39, 0.29) is 5.78 Å². The number of rotatable bonds is 0. The van der Waals surface area contributed by atoms with Crippen LogP contribution in [0.2, 0.25) is 0 Å². The molecule has 0 aliphatic carbocycles. The van der Waals surface area contributed by atoms with Crippen molar-refractivity contribution in [1.29, 1.82) is 0 Å². The van der Waals surface area contributed by atoms with Crippen molar-refractivity contribution in [1.82, 2.24) is 4.98 Å². The SMILES string of the molecule is CC(C)=O.Cc1ccccn1. The number of hydrogen-bond acceptors (Lipinski definition) is 2. The number of carbonyl (C=O) groups is 1. The van der Waals surface area contributed by atoms with Crippen molar-refractivity contribution < 1.29 is 4.79 Å². The number of aryl methyl sites for hydroxylation is 1. The van der Waals surface area contributed by atoms with Gasteiger partial charge in [0.05, 0.1) is 0 Å². The zero-order chi connectivity index (χ0) is 8.69. The predicted molar refractivity (Wildman–Crippen MR) is 45.3 cm³/mol. The van der Waals surface area contributed by atoms with Crippen molar-refractivity contribution in [3.8, 4) is 0 Å². The molecule has 2 heteroatoms. The number of nitrogens with zero attached hydrogens (tertiary/aromatic N) is 1. The minimum absolute atomic E-state index is 0.167. The van der Waals surface area contributed by atoms with E-state index in [2.05, 4.69) is 4.98 Å². The maximum Gasteiger partial charge on any atom is 0.126 e. The Bertz CT molecular complexity index is 202. The van der Waals surface area contributed by atoms with Gasteiger partial charge in [0.2, 0.25) is 0 Å². The molecule has 1 aromatic rings. The minimum Gasteiger partial charge on any atom is -0.300 e. The number of aromatic nitrogens is 1. The van der Waals surface area contributed by atoms with Gasteiger partial charge in [0, 0.05) is 11.9 Å². The summed E-state index contributed by atoms with van der Waals surface area (Å²) in [6.07, 6.45) is 1.79. The Morgan fingerprint density at radius 1 is 1.36 bits per heavy atom. The van der Waals surface area contributed by atoms with Gasteiger partial charge in [-0.1, -0.05) is 6.07 Å². The number of Topliss-reactive ketones (excluding diaryl/α,β-unsaturated/α-hetero) is 1. The fourth-order valence-electron chi connectivity index (χ4n) is 0.448. The predicted octanol–water partition coefficient (Wildman–Crippen LogP) is 1.99. The highest BCUT2D eigenvalue weighted by Crippen LogP contribution is 1.85. The van der Waals surface area contributed by atoms with Gasteiger partial charge >= 0.3 is 0 Å². The third-order valence-corrected chi connectivity index (χ3v) is 0.813. The number of pyridine rings is 1. The molecule has 0 aromatic carbocycles. The molecule has 2 nitrogen and oxygen atoms in total. The summed E-state index contributed by atoms with van der Waals surface area (Å²) in [6, 6.07) is 5.86. The van der Waals surface area contributed by atoms with Crippen LogP contribution < -0.4 is 0 Å². The molecule has 0 bridgehead atoms. The lowest BCUT2D eigenvalue weighted by molar-refractivity contribution is -0.114. The van der Waals surface area contributed by atoms with Crippen molar-refractivity contribution >= 4 is 5.78 Å². The standard InChI is InChI=1S/C6H7N.C3H6O/c1-6-4-2-3-5-7-6;1-3(2)4/h2-5H,1H3;1-2H3. The molecule has 60 valence electrons. The van der Waals surface area contributed by atoms with Crippen LogP contribution in [0.1, 0.15) is 19.5 Å². The highest BCUT2D eigenvalue weighted by atomic mass is 16.1. The van der Waals surface area contributed by atoms with Crippen molar-refractivity contribution in [3.63, 3.8) is 0 Å². The summed E-state index contributed by atoms with van der Waals surface area (Å²) in [7, 11) is 0. The summed E-state index contributed by atoms with van der Waals surface area (Å²) in [5, 5.41) is 0. The van der Waals surface area contributed by atoms with E-state index in [0.717, 1.165) is 5.69 Å². The van der Waals surface area contributed by atoms with Crippen molar-refractivity contribution in [2.45, 2.75) is 20.8 Å². The van der Waals surface area contributed by atoms with Crippen LogP contribution >= 0.6 is 0 Å². The van der Waals surface area contributed by atoms with Gasteiger partial charge in [0.15, 0.2) is 0 Å². The summed E-state index contributed by atoms with van der Waals surface area (Å²) in [5.74, 6) is 0.167. The highest BCUT2D eigenvalue weighted by Gasteiger charge is 1.73. The van der Waals surface area contributed by atoms with E-state index >= 15 is 0 Å². The maximum absolute atomic E-state index is 9.44. The van der Waals surface area contributed by atoms with E-state index in [1.165, 1.54) is 13.8 Å². The lowest BCUT2D eigenvalue weighted by Crippen LogP contribution is -1.72. The van der Waals surface area contributed by atoms with E-state index in [0.29, 0.717) is 0 Å². The van der Waals surface area contributed by atoms with Crippen LogP contribution in [-0.2, 0) is 4.79 Å². The highest BCUT2D eigenvalue weighted by molar-refractivity contribution is 5.72. The number of carbonyl (C=O) groups excluding carboxylic acids is 1. The fourth-order valence-corrected chi connectivity index (χ4v) is 0.448. The fraction of sp³-hybridized carbons (Fsp3) is 0.333. The Morgan fingerprint density at radius 2 is 1.91 bits per heavy atom.